The van der Waals surface area contributed by atoms with Gasteiger partial charge in [-0.1, -0.05) is 6.07 Å². The SMILES string of the molecule is Cc1cccn2nc(CCl)nc12. The van der Waals surface area contributed by atoms with Crippen molar-refractivity contribution in [3.05, 3.63) is 29.7 Å². The van der Waals surface area contributed by atoms with Gasteiger partial charge in [-0.05, 0) is 18.6 Å². The Labute approximate surface area is 75.0 Å². The maximum Gasteiger partial charge on any atom is 0.166 e. The van der Waals surface area contributed by atoms with Crippen LogP contribution in [0.4, 0.5) is 0 Å². The number of pyridine rings is 1. The van der Waals surface area contributed by atoms with Gasteiger partial charge in [0, 0.05) is 6.20 Å². The molecular weight excluding hydrogens is 174 g/mol. The molecule has 0 saturated carbocycles. The Morgan fingerprint density at radius 2 is 2.42 bits per heavy atom. The second-order valence-electron chi connectivity index (χ2n) is 2.62. The number of aryl methyl sites for hydroxylation is 1. The summed E-state index contributed by atoms with van der Waals surface area (Å²) in [5.74, 6) is 1.03. The topological polar surface area (TPSA) is 30.2 Å². The lowest BCUT2D eigenvalue weighted by Crippen LogP contribution is -1.87. The van der Waals surface area contributed by atoms with E-state index in [-0.39, 0.29) is 0 Å². The van der Waals surface area contributed by atoms with Crippen LogP contribution in [-0.4, -0.2) is 14.6 Å². The first kappa shape index (κ1) is 7.55. The van der Waals surface area contributed by atoms with Crippen molar-refractivity contribution in [2.24, 2.45) is 0 Å². The molecule has 2 aromatic heterocycles. The molecule has 2 aromatic rings. The highest BCUT2D eigenvalue weighted by molar-refractivity contribution is 6.16. The highest BCUT2D eigenvalue weighted by Gasteiger charge is 2.02. The van der Waals surface area contributed by atoms with Crippen LogP contribution in [0, 0.1) is 6.92 Å². The summed E-state index contributed by atoms with van der Waals surface area (Å²) in [6, 6.07) is 3.94. The quantitative estimate of drug-likeness (QED) is 0.628. The Hall–Kier alpha value is -1.09. The zero-order chi connectivity index (χ0) is 8.55. The van der Waals surface area contributed by atoms with Crippen LogP contribution in [0.5, 0.6) is 0 Å². The fourth-order valence-electron chi connectivity index (χ4n) is 1.14. The third-order valence-electron chi connectivity index (χ3n) is 1.72. The number of aromatic nitrogens is 3. The second-order valence-corrected chi connectivity index (χ2v) is 2.89. The molecule has 0 bridgehead atoms. The predicted octanol–water partition coefficient (Wildman–Crippen LogP) is 1.78. The first-order valence-electron chi connectivity index (χ1n) is 3.68. The number of alkyl halides is 1. The van der Waals surface area contributed by atoms with Gasteiger partial charge in [-0.2, -0.15) is 0 Å². The van der Waals surface area contributed by atoms with E-state index in [9.17, 15) is 0 Å². The molecule has 4 heteroatoms. The maximum absolute atomic E-state index is 5.61. The van der Waals surface area contributed by atoms with E-state index in [1.54, 1.807) is 4.52 Å². The van der Waals surface area contributed by atoms with Crippen LogP contribution in [0.2, 0.25) is 0 Å². The van der Waals surface area contributed by atoms with Crippen LogP contribution >= 0.6 is 11.6 Å². The van der Waals surface area contributed by atoms with Gasteiger partial charge in [-0.15, -0.1) is 16.7 Å². The molecule has 2 heterocycles. The molecule has 2 rings (SSSR count). The zero-order valence-electron chi connectivity index (χ0n) is 6.66. The minimum Gasteiger partial charge on any atom is -0.221 e. The van der Waals surface area contributed by atoms with E-state index in [2.05, 4.69) is 10.1 Å². The molecule has 62 valence electrons. The fourth-order valence-corrected chi connectivity index (χ4v) is 1.25. The molecule has 0 aliphatic heterocycles. The Morgan fingerprint density at radius 3 is 3.08 bits per heavy atom. The van der Waals surface area contributed by atoms with Crippen molar-refractivity contribution < 1.29 is 0 Å². The van der Waals surface area contributed by atoms with Crippen LogP contribution in [0.15, 0.2) is 18.3 Å². The summed E-state index contributed by atoms with van der Waals surface area (Å²) in [5, 5.41) is 4.17. The molecular formula is C8H8ClN3. The van der Waals surface area contributed by atoms with E-state index in [1.807, 2.05) is 25.3 Å². The average molecular weight is 182 g/mol. The van der Waals surface area contributed by atoms with Crippen LogP contribution in [0.25, 0.3) is 5.65 Å². The number of hydrogen-bond donors (Lipinski definition) is 0. The molecule has 0 aliphatic rings. The number of rotatable bonds is 1. The third kappa shape index (κ3) is 1.06. The van der Waals surface area contributed by atoms with E-state index in [1.165, 1.54) is 0 Å². The van der Waals surface area contributed by atoms with Crippen LogP contribution in [0.1, 0.15) is 11.4 Å². The molecule has 0 N–H and O–H groups in total. The van der Waals surface area contributed by atoms with Crippen molar-refractivity contribution >= 4 is 17.2 Å². The molecule has 0 unspecified atom stereocenters. The first-order valence-corrected chi connectivity index (χ1v) is 4.21. The predicted molar refractivity (Wildman–Crippen MR) is 47.3 cm³/mol. The summed E-state index contributed by atoms with van der Waals surface area (Å²) < 4.78 is 1.74. The van der Waals surface area contributed by atoms with Gasteiger partial charge in [0.15, 0.2) is 11.5 Å². The van der Waals surface area contributed by atoms with Gasteiger partial charge in [0.25, 0.3) is 0 Å². The van der Waals surface area contributed by atoms with Crippen molar-refractivity contribution in [3.8, 4) is 0 Å². The van der Waals surface area contributed by atoms with Crippen LogP contribution in [-0.2, 0) is 5.88 Å². The Bertz CT molecular complexity index is 408. The van der Waals surface area contributed by atoms with Gasteiger partial charge >= 0.3 is 0 Å². The normalized spacial score (nSPS) is 10.8. The van der Waals surface area contributed by atoms with Crippen molar-refractivity contribution in [2.75, 3.05) is 0 Å². The highest BCUT2D eigenvalue weighted by Crippen LogP contribution is 2.07. The molecule has 0 aromatic carbocycles. The Kier molecular flexibility index (Phi) is 1.73. The van der Waals surface area contributed by atoms with E-state index in [0.717, 1.165) is 11.2 Å². The summed E-state index contributed by atoms with van der Waals surface area (Å²) >= 11 is 5.61. The second kappa shape index (κ2) is 2.75. The lowest BCUT2D eigenvalue weighted by atomic mass is 10.3. The Morgan fingerprint density at radius 1 is 1.58 bits per heavy atom. The van der Waals surface area contributed by atoms with E-state index >= 15 is 0 Å². The summed E-state index contributed by atoms with van der Waals surface area (Å²) in [6.07, 6.45) is 1.87. The van der Waals surface area contributed by atoms with Gasteiger partial charge in [0.2, 0.25) is 0 Å². The molecule has 3 nitrogen and oxygen atoms in total. The monoisotopic (exact) mass is 181 g/mol. The smallest absolute Gasteiger partial charge is 0.166 e. The summed E-state index contributed by atoms with van der Waals surface area (Å²) in [6.45, 7) is 2.00. The molecule has 0 aliphatic carbocycles. The lowest BCUT2D eigenvalue weighted by molar-refractivity contribution is 0.920. The number of nitrogens with zero attached hydrogens (tertiary/aromatic N) is 3. The van der Waals surface area contributed by atoms with Crippen molar-refractivity contribution in [1.29, 1.82) is 0 Å². The zero-order valence-corrected chi connectivity index (χ0v) is 7.41. The van der Waals surface area contributed by atoms with Crippen molar-refractivity contribution in [2.45, 2.75) is 12.8 Å². The van der Waals surface area contributed by atoms with Gasteiger partial charge in [0.05, 0.1) is 5.88 Å². The molecule has 12 heavy (non-hydrogen) atoms. The van der Waals surface area contributed by atoms with E-state index in [4.69, 9.17) is 11.6 Å². The standard InChI is InChI=1S/C8H8ClN3/c1-6-3-2-4-12-8(6)10-7(5-9)11-12/h2-4H,5H2,1H3. The van der Waals surface area contributed by atoms with Crippen molar-refractivity contribution in [1.82, 2.24) is 14.6 Å². The number of fused-ring (bicyclic) bond motifs is 1. The molecule has 0 radical (unpaired) electrons. The lowest BCUT2D eigenvalue weighted by Gasteiger charge is -1.92. The molecule has 0 spiro atoms. The fraction of sp³-hybridized carbons (Fsp3) is 0.250. The highest BCUT2D eigenvalue weighted by atomic mass is 35.5. The third-order valence-corrected chi connectivity index (χ3v) is 1.96. The van der Waals surface area contributed by atoms with Gasteiger partial charge < -0.3 is 0 Å². The van der Waals surface area contributed by atoms with Gasteiger partial charge in [0.1, 0.15) is 0 Å². The molecule has 0 amide bonds. The maximum atomic E-state index is 5.61. The molecule has 0 saturated heterocycles. The van der Waals surface area contributed by atoms with Crippen LogP contribution < -0.4 is 0 Å². The summed E-state index contributed by atoms with van der Waals surface area (Å²) in [5.41, 5.74) is 1.99. The Balaban J connectivity index is 2.74. The molecule has 0 fully saturated rings. The average Bonchev–Trinajstić information content (AvgIpc) is 2.49. The first-order chi connectivity index (χ1) is 5.81. The molecule has 0 atom stereocenters. The summed E-state index contributed by atoms with van der Waals surface area (Å²) in [7, 11) is 0. The van der Waals surface area contributed by atoms with Crippen molar-refractivity contribution in [3.63, 3.8) is 0 Å². The van der Waals surface area contributed by atoms with Crippen LogP contribution in [0.3, 0.4) is 0 Å². The number of halogens is 1. The minimum absolute atomic E-state index is 0.362. The summed E-state index contributed by atoms with van der Waals surface area (Å²) in [4.78, 5) is 4.25. The van der Waals surface area contributed by atoms with Gasteiger partial charge in [-0.3, -0.25) is 0 Å². The number of hydrogen-bond acceptors (Lipinski definition) is 2. The van der Waals surface area contributed by atoms with E-state index < -0.39 is 0 Å². The minimum atomic E-state index is 0.362. The van der Waals surface area contributed by atoms with Gasteiger partial charge in [-0.25, -0.2) is 9.50 Å². The largest absolute Gasteiger partial charge is 0.221 e. The van der Waals surface area contributed by atoms with E-state index in [0.29, 0.717) is 11.7 Å².